The molecule has 170 valence electrons. The first-order valence-corrected chi connectivity index (χ1v) is 11.2. The first kappa shape index (κ1) is 22.6. The zero-order valence-corrected chi connectivity index (χ0v) is 18.8. The minimum atomic E-state index is -1.27. The second kappa shape index (κ2) is 9.88. The Kier molecular flexibility index (Phi) is 6.75. The zero-order chi connectivity index (χ0) is 23.3. The average Bonchev–Trinajstić information content (AvgIpc) is 2.83. The van der Waals surface area contributed by atoms with E-state index in [4.69, 9.17) is 10.5 Å². The number of para-hydroxylation sites is 1. The standard InChI is InChI=1S/C27H29N3O3/c1-29-19-9-18-27(26(28)32,30(29)25(31)17-16-21-10-4-2-5-11-21)22-12-8-15-24(20-22)33-23-13-6-3-7-14-23/h2-8,10-15,20H,9,16-19H2,1H3,(H2,28,32). The number of hydrazine groups is 1. The van der Waals surface area contributed by atoms with E-state index in [-0.39, 0.29) is 12.3 Å². The predicted octanol–water partition coefficient (Wildman–Crippen LogP) is 4.26. The molecule has 6 heteroatoms. The molecule has 3 aromatic rings. The summed E-state index contributed by atoms with van der Waals surface area (Å²) in [6.07, 6.45) is 2.07. The second-order valence-corrected chi connectivity index (χ2v) is 8.34. The van der Waals surface area contributed by atoms with Crippen molar-refractivity contribution in [3.8, 4) is 11.5 Å². The van der Waals surface area contributed by atoms with Crippen LogP contribution in [-0.4, -0.2) is 35.4 Å². The van der Waals surface area contributed by atoms with E-state index < -0.39 is 11.4 Å². The van der Waals surface area contributed by atoms with Gasteiger partial charge in [-0.25, -0.2) is 5.01 Å². The van der Waals surface area contributed by atoms with Crippen LogP contribution in [0, 0.1) is 0 Å². The molecule has 1 aliphatic heterocycles. The van der Waals surface area contributed by atoms with Crippen LogP contribution in [0.5, 0.6) is 11.5 Å². The molecular weight excluding hydrogens is 414 g/mol. The number of hydrogen-bond acceptors (Lipinski definition) is 4. The first-order chi connectivity index (χ1) is 16.0. The maximum absolute atomic E-state index is 13.5. The molecule has 1 unspecified atom stereocenters. The Morgan fingerprint density at radius 1 is 0.939 bits per heavy atom. The molecule has 1 fully saturated rings. The van der Waals surface area contributed by atoms with Gasteiger partial charge in [-0.1, -0.05) is 60.7 Å². The van der Waals surface area contributed by atoms with Crippen molar-refractivity contribution in [3.63, 3.8) is 0 Å². The van der Waals surface area contributed by atoms with E-state index in [9.17, 15) is 9.59 Å². The van der Waals surface area contributed by atoms with Crippen LogP contribution in [0.4, 0.5) is 0 Å². The van der Waals surface area contributed by atoms with Crippen molar-refractivity contribution in [2.45, 2.75) is 31.2 Å². The molecule has 1 atom stereocenters. The van der Waals surface area contributed by atoms with Gasteiger partial charge >= 0.3 is 0 Å². The van der Waals surface area contributed by atoms with Crippen molar-refractivity contribution >= 4 is 11.8 Å². The van der Waals surface area contributed by atoms with Gasteiger partial charge in [-0.3, -0.25) is 14.6 Å². The molecule has 0 aliphatic carbocycles. The Morgan fingerprint density at radius 3 is 2.30 bits per heavy atom. The summed E-state index contributed by atoms with van der Waals surface area (Å²) in [6.45, 7) is 0.673. The molecule has 0 bridgehead atoms. The van der Waals surface area contributed by atoms with Crippen molar-refractivity contribution < 1.29 is 14.3 Å². The zero-order valence-electron chi connectivity index (χ0n) is 18.8. The third-order valence-electron chi connectivity index (χ3n) is 6.13. The number of benzene rings is 3. The fourth-order valence-corrected chi connectivity index (χ4v) is 4.54. The smallest absolute Gasteiger partial charge is 0.249 e. The Hall–Kier alpha value is -3.64. The topological polar surface area (TPSA) is 75.9 Å². The van der Waals surface area contributed by atoms with E-state index in [2.05, 4.69) is 0 Å². The molecule has 0 saturated carbocycles. The predicted molar refractivity (Wildman–Crippen MR) is 127 cm³/mol. The third kappa shape index (κ3) is 4.76. The third-order valence-corrected chi connectivity index (χ3v) is 6.13. The molecule has 4 rings (SSSR count). The fraction of sp³-hybridized carbons (Fsp3) is 0.259. The molecule has 2 amide bonds. The number of rotatable bonds is 7. The lowest BCUT2D eigenvalue weighted by atomic mass is 9.81. The number of hydrogen-bond donors (Lipinski definition) is 1. The number of ether oxygens (including phenoxy) is 1. The highest BCUT2D eigenvalue weighted by Gasteiger charge is 2.50. The van der Waals surface area contributed by atoms with E-state index in [1.165, 1.54) is 0 Å². The largest absolute Gasteiger partial charge is 0.457 e. The highest BCUT2D eigenvalue weighted by atomic mass is 16.5. The van der Waals surface area contributed by atoms with Crippen molar-refractivity contribution in [3.05, 3.63) is 96.1 Å². The number of nitrogens with zero attached hydrogens (tertiary/aromatic N) is 2. The van der Waals surface area contributed by atoms with Crippen LogP contribution in [0.3, 0.4) is 0 Å². The molecule has 0 aromatic heterocycles. The lowest BCUT2D eigenvalue weighted by molar-refractivity contribution is -0.180. The molecule has 6 nitrogen and oxygen atoms in total. The van der Waals surface area contributed by atoms with Gasteiger partial charge in [0.15, 0.2) is 5.54 Å². The van der Waals surface area contributed by atoms with Crippen LogP contribution in [-0.2, 0) is 21.5 Å². The number of nitrogens with two attached hydrogens (primary N) is 1. The lowest BCUT2D eigenvalue weighted by Crippen LogP contribution is -2.65. The molecule has 0 radical (unpaired) electrons. The number of aryl methyl sites for hydroxylation is 1. The SMILES string of the molecule is CN1CCCC(C(N)=O)(c2cccc(Oc3ccccc3)c2)N1C(=O)CCc1ccccc1. The summed E-state index contributed by atoms with van der Waals surface area (Å²) in [5, 5.41) is 3.40. The molecular formula is C27H29N3O3. The van der Waals surface area contributed by atoms with Crippen LogP contribution in [0.2, 0.25) is 0 Å². The lowest BCUT2D eigenvalue weighted by Gasteiger charge is -2.49. The van der Waals surface area contributed by atoms with Gasteiger partial charge in [-0.05, 0) is 54.7 Å². The number of carbonyl (C=O) groups excluding carboxylic acids is 2. The van der Waals surface area contributed by atoms with Gasteiger partial charge in [0.25, 0.3) is 0 Å². The van der Waals surface area contributed by atoms with E-state index in [0.29, 0.717) is 36.4 Å². The summed E-state index contributed by atoms with van der Waals surface area (Å²) in [7, 11) is 1.83. The van der Waals surface area contributed by atoms with Crippen LogP contribution in [0.15, 0.2) is 84.9 Å². The van der Waals surface area contributed by atoms with Crippen molar-refractivity contribution in [2.75, 3.05) is 13.6 Å². The van der Waals surface area contributed by atoms with Gasteiger partial charge in [0.2, 0.25) is 11.8 Å². The highest BCUT2D eigenvalue weighted by Crippen LogP contribution is 2.40. The molecule has 1 heterocycles. The van der Waals surface area contributed by atoms with Gasteiger partial charge in [0.1, 0.15) is 11.5 Å². The number of carbonyl (C=O) groups is 2. The summed E-state index contributed by atoms with van der Waals surface area (Å²) in [5.74, 6) is 0.608. The molecule has 1 aliphatic rings. The second-order valence-electron chi connectivity index (χ2n) is 8.34. The van der Waals surface area contributed by atoms with Crippen LogP contribution < -0.4 is 10.5 Å². The Labute approximate surface area is 194 Å². The molecule has 3 aromatic carbocycles. The van der Waals surface area contributed by atoms with Crippen molar-refractivity contribution in [2.24, 2.45) is 5.73 Å². The van der Waals surface area contributed by atoms with Crippen LogP contribution in [0.1, 0.15) is 30.4 Å². The Balaban J connectivity index is 1.66. The summed E-state index contributed by atoms with van der Waals surface area (Å²) < 4.78 is 5.99. The van der Waals surface area contributed by atoms with E-state index in [0.717, 1.165) is 12.0 Å². The fourth-order valence-electron chi connectivity index (χ4n) is 4.54. The highest BCUT2D eigenvalue weighted by molar-refractivity contribution is 5.91. The average molecular weight is 444 g/mol. The van der Waals surface area contributed by atoms with Gasteiger partial charge in [-0.2, -0.15) is 0 Å². The summed E-state index contributed by atoms with van der Waals surface area (Å²) in [6, 6.07) is 26.6. The van der Waals surface area contributed by atoms with Gasteiger partial charge in [-0.15, -0.1) is 0 Å². The minimum Gasteiger partial charge on any atom is -0.457 e. The molecule has 1 saturated heterocycles. The minimum absolute atomic E-state index is 0.130. The van der Waals surface area contributed by atoms with E-state index >= 15 is 0 Å². The van der Waals surface area contributed by atoms with E-state index in [1.807, 2.05) is 97.0 Å². The number of primary amides is 1. The van der Waals surface area contributed by atoms with Crippen molar-refractivity contribution in [1.29, 1.82) is 0 Å². The first-order valence-electron chi connectivity index (χ1n) is 11.2. The Bertz CT molecular complexity index is 1100. The van der Waals surface area contributed by atoms with Gasteiger partial charge in [0.05, 0.1) is 0 Å². The molecule has 0 spiro atoms. The normalized spacial score (nSPS) is 18.6. The quantitative estimate of drug-likeness (QED) is 0.592. The summed E-state index contributed by atoms with van der Waals surface area (Å²) >= 11 is 0. The Morgan fingerprint density at radius 2 is 1.61 bits per heavy atom. The monoisotopic (exact) mass is 443 g/mol. The van der Waals surface area contributed by atoms with Crippen LogP contribution >= 0.6 is 0 Å². The summed E-state index contributed by atoms with van der Waals surface area (Å²) in [5.41, 5.74) is 6.50. The molecule has 2 N–H and O–H groups in total. The van der Waals surface area contributed by atoms with Gasteiger partial charge < -0.3 is 10.5 Å². The molecule has 33 heavy (non-hydrogen) atoms. The van der Waals surface area contributed by atoms with E-state index in [1.54, 1.807) is 5.01 Å². The van der Waals surface area contributed by atoms with Crippen molar-refractivity contribution in [1.82, 2.24) is 10.0 Å². The maximum atomic E-state index is 13.5. The van der Waals surface area contributed by atoms with Crippen LogP contribution in [0.25, 0.3) is 0 Å². The summed E-state index contributed by atoms with van der Waals surface area (Å²) in [4.78, 5) is 26.5. The number of amides is 2. The van der Waals surface area contributed by atoms with Gasteiger partial charge in [0, 0.05) is 20.0 Å². The maximum Gasteiger partial charge on any atom is 0.249 e.